The number of fused-ring (bicyclic) bond motifs is 21. The van der Waals surface area contributed by atoms with E-state index in [1.807, 2.05) is 0 Å². The summed E-state index contributed by atoms with van der Waals surface area (Å²) in [6, 6.07) is 98.6. The largest absolute Gasteiger partial charge is 0.311 e. The first-order chi connectivity index (χ1) is 66.6. The van der Waals surface area contributed by atoms with Gasteiger partial charge in [0, 0.05) is 114 Å². The number of hydrogen-bond donors (Lipinski definition) is 0. The highest BCUT2D eigenvalue weighted by Crippen LogP contribution is 2.67. The van der Waals surface area contributed by atoms with Crippen molar-refractivity contribution in [3.63, 3.8) is 0 Å². The van der Waals surface area contributed by atoms with Crippen LogP contribution in [0.25, 0.3) is 39.0 Å². The molecule has 3 aromatic heterocycles. The van der Waals surface area contributed by atoms with Crippen molar-refractivity contribution in [1.82, 2.24) is 4.57 Å². The number of para-hydroxylation sites is 1. The molecule has 5 nitrogen and oxygen atoms in total. The Bertz CT molecular complexity index is 7770. The zero-order valence-electron chi connectivity index (χ0n) is 88.2. The molecule has 28 rings (SSSR count). The first kappa shape index (κ1) is 92.4. The minimum absolute atomic E-state index is 0.0183. The van der Waals surface area contributed by atoms with Gasteiger partial charge in [-0.1, -0.05) is 355 Å². The maximum absolute atomic E-state index is 7.33. The van der Waals surface area contributed by atoms with Gasteiger partial charge >= 0.3 is 0 Å². The van der Waals surface area contributed by atoms with Crippen molar-refractivity contribution in [2.24, 2.45) is 0 Å². The zero-order valence-corrected chi connectivity index (χ0v) is 90.6. The van der Waals surface area contributed by atoms with E-state index in [1.54, 1.807) is 32.0 Å². The molecule has 12 aromatic carbocycles. The van der Waals surface area contributed by atoms with E-state index in [1.165, 1.54) is 246 Å². The van der Waals surface area contributed by atoms with Crippen molar-refractivity contribution < 1.29 is 0 Å². The lowest BCUT2D eigenvalue weighted by molar-refractivity contribution is 0.193. The summed E-state index contributed by atoms with van der Waals surface area (Å²) in [6.07, 6.45) is 11.1. The fourth-order valence-electron chi connectivity index (χ4n) is 27.3. The molecule has 0 unspecified atom stereocenters. The molecule has 4 bridgehead atoms. The Labute approximate surface area is 854 Å². The lowest BCUT2D eigenvalue weighted by Gasteiger charge is -2.51. The topological polar surface area (TPSA) is 17.9 Å². The Morgan fingerprint density at radius 1 is 0.305 bits per heavy atom. The van der Waals surface area contributed by atoms with E-state index in [0.717, 1.165) is 11.4 Å². The SMILES string of the molecule is CC(C)(C)c1ccc(N2c3ccc(C(C)(C)C)cc3B3c4sc5c(c4N(c4ccc(C(C)(C)C)cc4)c4cc(-n6c7c(c8ccccc86)C(C)(C)c6ccccc6-7)cc2c43)C2(C)CCC5(C)CC2)cc1.CC(C)(C)c1ccc(N2c3ccc(C(C)(C)C)cc3B3c4sc5c(c4N(c4ccc(C(C)(C)C)cc4)c4cc(Cl)cc2c43)C2(C)CCC5(C)CC2)cc1.CC1(C)C2=C(Cc3ccccc32)c2ccccc21. The average molecular weight is 1900 g/mol. The van der Waals surface area contributed by atoms with Crippen LogP contribution in [0, 0.1) is 0 Å². The van der Waals surface area contributed by atoms with Crippen molar-refractivity contribution >= 4 is 169 Å². The number of thiophene rings is 2. The van der Waals surface area contributed by atoms with Crippen LogP contribution < -0.4 is 51.0 Å². The summed E-state index contributed by atoms with van der Waals surface area (Å²) in [5.41, 5.74) is 50.0. The second kappa shape index (κ2) is 31.0. The number of rotatable bonds is 5. The molecule has 0 N–H and O–H groups in total. The fraction of sp³-hybridized carbons (Fsp3) is 0.359. The monoisotopic (exact) mass is 1900 g/mol. The van der Waals surface area contributed by atoms with Crippen molar-refractivity contribution in [3.8, 4) is 16.9 Å². The summed E-state index contributed by atoms with van der Waals surface area (Å²) in [4.78, 5) is 13.8. The van der Waals surface area contributed by atoms with Crippen LogP contribution >= 0.6 is 34.3 Å². The van der Waals surface area contributed by atoms with Gasteiger partial charge in [0.25, 0.3) is 13.4 Å². The molecule has 0 saturated heterocycles. The number of allylic oxidation sites excluding steroid dienone is 2. The van der Waals surface area contributed by atoms with E-state index in [2.05, 4.69) is 482 Å². The van der Waals surface area contributed by atoms with Crippen molar-refractivity contribution in [1.29, 1.82) is 0 Å². The molecule has 2 fully saturated rings. The van der Waals surface area contributed by atoms with Crippen LogP contribution in [0.15, 0.2) is 255 Å². The molecule has 7 heterocycles. The van der Waals surface area contributed by atoms with E-state index in [0.29, 0.717) is 0 Å². The maximum atomic E-state index is 7.33. The summed E-state index contributed by atoms with van der Waals surface area (Å²) < 4.78 is 5.67. The highest BCUT2D eigenvalue weighted by molar-refractivity contribution is 7.30. The standard InChI is InChI=1S/C65H68BN3S.C48H54BClN2S.C18H16/c1-60(2,3)39-22-27-42(28-23-39)67-50-31-26-41(62(7,8)9)36-48(50)66-55-51(67)37-44(69-49-21-17-15-19-46(49)53-56(69)45-18-14-16-20-47(45)63(53,10)11)38-52(55)68(43-29-24-40(25-30-43)61(4,5)6)57-54-58(70-59(57)66)65(13)34-32-64(54,12)33-35-65;1-44(2,3)29-12-17-33(18-13-29)51-36-21-16-31(46(7,8)9)26-35(36)49-40-37(51)27-32(50)28-38(40)52(34-19-14-30(15-20-34)45(4,5)6)41-39-42(53-43(41)49)48(11)24-22-47(39,10)23-25-48;1-18(2)16-10-6-5-9-14(16)15-11-12-7-3-4-8-13(12)17(15)18/h14-31,36-38H,32-35H2,1-13H3;12-21,26-28H,22-25H2,1-11H3;3-10H,11H2,1-2H3. The second-order valence-corrected chi connectivity index (χ2v) is 54.6. The smallest absolute Gasteiger partial charge is 0.264 e. The first-order valence-electron chi connectivity index (χ1n) is 52.5. The molecule has 0 amide bonds. The number of aromatic nitrogens is 1. The third-order valence-corrected chi connectivity index (χ3v) is 39.1. The molecule has 9 aliphatic carbocycles. The molecule has 712 valence electrons. The van der Waals surface area contributed by atoms with Crippen LogP contribution in [0.1, 0.15) is 319 Å². The second-order valence-electron chi connectivity index (χ2n) is 52.1. The summed E-state index contributed by atoms with van der Waals surface area (Å²) in [7, 11) is 0. The minimum Gasteiger partial charge on any atom is -0.311 e. The van der Waals surface area contributed by atoms with Gasteiger partial charge in [0.2, 0.25) is 0 Å². The molecule has 15 aromatic rings. The third-order valence-electron chi connectivity index (χ3n) is 35.7. The number of halogens is 1. The van der Waals surface area contributed by atoms with Crippen LogP contribution in [0.5, 0.6) is 0 Å². The summed E-state index contributed by atoms with van der Waals surface area (Å²) in [5, 5.41) is 2.10. The number of benzene rings is 12. The Hall–Kier alpha value is -11.1. The van der Waals surface area contributed by atoms with Crippen LogP contribution in [-0.2, 0) is 71.4 Å². The van der Waals surface area contributed by atoms with E-state index < -0.39 is 0 Å². The summed E-state index contributed by atoms with van der Waals surface area (Å²) in [6.45, 7) is 62.0. The van der Waals surface area contributed by atoms with Crippen molar-refractivity contribution in [2.45, 2.75) is 303 Å². The lowest BCUT2D eigenvalue weighted by atomic mass is 9.35. The van der Waals surface area contributed by atoms with Gasteiger partial charge in [-0.15, -0.1) is 0 Å². The lowest BCUT2D eigenvalue weighted by Crippen LogP contribution is -2.61. The molecule has 10 heteroatoms. The number of nitrogens with zero attached hydrogens (tertiary/aromatic N) is 5. The van der Waals surface area contributed by atoms with Gasteiger partial charge in [-0.2, -0.15) is 22.7 Å². The van der Waals surface area contributed by atoms with E-state index >= 15 is 0 Å². The Morgan fingerprint density at radius 2 is 0.645 bits per heavy atom. The van der Waals surface area contributed by atoms with Gasteiger partial charge in [-0.05, 0) is 303 Å². The Morgan fingerprint density at radius 3 is 1.07 bits per heavy atom. The molecule has 13 aliphatic rings. The van der Waals surface area contributed by atoms with Crippen molar-refractivity contribution in [2.75, 3.05) is 19.6 Å². The predicted octanol–water partition coefficient (Wildman–Crippen LogP) is 33.0. The van der Waals surface area contributed by atoms with Gasteiger partial charge in [0.15, 0.2) is 0 Å². The molecule has 0 spiro atoms. The first-order valence-corrected chi connectivity index (χ1v) is 54.5. The van der Waals surface area contributed by atoms with E-state index in [-0.39, 0.29) is 78.4 Å². The third kappa shape index (κ3) is 13.9. The Kier molecular flexibility index (Phi) is 20.3. The molecular weight excluding hydrogens is 1760 g/mol. The number of hydrogen-bond acceptors (Lipinski definition) is 6. The molecule has 141 heavy (non-hydrogen) atoms. The highest BCUT2D eigenvalue weighted by atomic mass is 35.5. The molecule has 4 aliphatic heterocycles. The normalized spacial score (nSPS) is 20.7. The van der Waals surface area contributed by atoms with Gasteiger partial charge in [0.1, 0.15) is 0 Å². The fourth-order valence-corrected chi connectivity index (χ4v) is 31.0. The van der Waals surface area contributed by atoms with Gasteiger partial charge < -0.3 is 24.2 Å². The summed E-state index contributed by atoms with van der Waals surface area (Å²) >= 11 is 11.6. The van der Waals surface area contributed by atoms with Crippen LogP contribution in [0.4, 0.5) is 68.2 Å². The predicted molar refractivity (Wildman–Crippen MR) is 611 cm³/mol. The zero-order chi connectivity index (χ0) is 98.8. The highest BCUT2D eigenvalue weighted by Gasteiger charge is 2.59. The molecule has 2 saturated carbocycles. The molecule has 0 atom stereocenters. The van der Waals surface area contributed by atoms with Gasteiger partial charge in [-0.3, -0.25) is 0 Å². The van der Waals surface area contributed by atoms with Crippen LogP contribution in [0.3, 0.4) is 0 Å². The number of anilines is 12. The van der Waals surface area contributed by atoms with Gasteiger partial charge in [0.05, 0.1) is 28.3 Å². The van der Waals surface area contributed by atoms with Crippen LogP contribution in [-0.4, -0.2) is 18.0 Å². The maximum Gasteiger partial charge on any atom is 0.264 e. The quantitative estimate of drug-likeness (QED) is 0.160. The van der Waals surface area contributed by atoms with Gasteiger partial charge in [-0.25, -0.2) is 0 Å². The molecular formula is C131H138B2ClN5S2. The average Bonchev–Trinajstić information content (AvgIpc) is 1.54. The van der Waals surface area contributed by atoms with Crippen LogP contribution in [0.2, 0.25) is 5.02 Å². The molecule has 0 radical (unpaired) electrons. The minimum atomic E-state index is -0.161. The summed E-state index contributed by atoms with van der Waals surface area (Å²) in [5.74, 6) is 0. The Balaban J connectivity index is 0.000000132. The van der Waals surface area contributed by atoms with Crippen molar-refractivity contribution in [3.05, 3.63) is 347 Å². The van der Waals surface area contributed by atoms with E-state index in [9.17, 15) is 0 Å². The van der Waals surface area contributed by atoms with E-state index in [4.69, 9.17) is 11.6 Å².